The summed E-state index contributed by atoms with van der Waals surface area (Å²) < 4.78 is 38.4. The third kappa shape index (κ3) is 5.68. The fourth-order valence-electron chi connectivity index (χ4n) is 2.25. The maximum absolute atomic E-state index is 12.8. The quantitative estimate of drug-likeness (QED) is 0.612. The number of anilines is 1. The summed E-state index contributed by atoms with van der Waals surface area (Å²) in [6.07, 6.45) is -4.51. The number of thiocarbonyl (C=S) groups is 1. The molecule has 27 heavy (non-hydrogen) atoms. The minimum Gasteiger partial charge on any atom is -0.331 e. The Balaban J connectivity index is 2.08. The van der Waals surface area contributed by atoms with Crippen LogP contribution in [0.15, 0.2) is 42.5 Å². The zero-order valence-corrected chi connectivity index (χ0v) is 16.4. The highest BCUT2D eigenvalue weighted by Gasteiger charge is 2.31. The van der Waals surface area contributed by atoms with Gasteiger partial charge >= 0.3 is 6.18 Å². The second-order valence-electron chi connectivity index (χ2n) is 6.93. The Morgan fingerprint density at radius 2 is 1.56 bits per heavy atom. The van der Waals surface area contributed by atoms with Gasteiger partial charge in [0.15, 0.2) is 5.11 Å². The van der Waals surface area contributed by atoms with E-state index in [0.717, 1.165) is 23.8 Å². The van der Waals surface area contributed by atoms with Gasteiger partial charge in [0, 0.05) is 5.56 Å². The van der Waals surface area contributed by atoms with Crippen molar-refractivity contribution in [1.82, 2.24) is 5.32 Å². The first-order valence-electron chi connectivity index (χ1n) is 7.97. The van der Waals surface area contributed by atoms with Crippen LogP contribution < -0.4 is 10.6 Å². The predicted octanol–water partition coefficient (Wildman–Crippen LogP) is 5.78. The van der Waals surface area contributed by atoms with Crippen molar-refractivity contribution in [2.24, 2.45) is 0 Å². The number of alkyl halides is 3. The Morgan fingerprint density at radius 3 is 2.07 bits per heavy atom. The SMILES string of the molecule is CC(C)(C)c1ccc(C(=O)NC(=S)Nc2cc(C(F)(F)F)ccc2Cl)cc1. The van der Waals surface area contributed by atoms with E-state index < -0.39 is 17.6 Å². The molecule has 0 bridgehead atoms. The fourth-order valence-corrected chi connectivity index (χ4v) is 2.62. The van der Waals surface area contributed by atoms with E-state index in [4.69, 9.17) is 23.8 Å². The lowest BCUT2D eigenvalue weighted by atomic mass is 9.87. The van der Waals surface area contributed by atoms with Crippen LogP contribution in [-0.4, -0.2) is 11.0 Å². The van der Waals surface area contributed by atoms with Gasteiger partial charge in [0.25, 0.3) is 5.91 Å². The number of hydrogen-bond donors (Lipinski definition) is 2. The molecular formula is C19H18ClF3N2OS. The average molecular weight is 415 g/mol. The minimum atomic E-state index is -4.51. The Labute approximate surface area is 165 Å². The molecule has 0 unspecified atom stereocenters. The van der Waals surface area contributed by atoms with E-state index in [1.807, 2.05) is 12.1 Å². The molecule has 2 aromatic carbocycles. The molecule has 0 aliphatic heterocycles. The summed E-state index contributed by atoms with van der Waals surface area (Å²) in [6.45, 7) is 6.17. The first-order chi connectivity index (χ1) is 12.4. The van der Waals surface area contributed by atoms with Crippen LogP contribution in [0.3, 0.4) is 0 Å². The van der Waals surface area contributed by atoms with Crippen molar-refractivity contribution < 1.29 is 18.0 Å². The summed E-state index contributed by atoms with van der Waals surface area (Å²) in [5.41, 5.74) is 0.477. The van der Waals surface area contributed by atoms with Gasteiger partial charge in [-0.1, -0.05) is 44.5 Å². The molecule has 0 aliphatic rings. The Morgan fingerprint density at radius 1 is 1.00 bits per heavy atom. The second-order valence-corrected chi connectivity index (χ2v) is 7.74. The third-order valence-electron chi connectivity index (χ3n) is 3.78. The van der Waals surface area contributed by atoms with E-state index in [-0.39, 0.29) is 21.2 Å². The van der Waals surface area contributed by atoms with Crippen LogP contribution in [0.2, 0.25) is 5.02 Å². The van der Waals surface area contributed by atoms with Gasteiger partial charge in [0.2, 0.25) is 0 Å². The summed E-state index contributed by atoms with van der Waals surface area (Å²) in [5.74, 6) is -0.476. The average Bonchev–Trinajstić information content (AvgIpc) is 2.55. The lowest BCUT2D eigenvalue weighted by molar-refractivity contribution is -0.137. The zero-order valence-electron chi connectivity index (χ0n) is 14.9. The molecule has 3 nitrogen and oxygen atoms in total. The molecule has 0 heterocycles. The maximum Gasteiger partial charge on any atom is 0.416 e. The van der Waals surface area contributed by atoms with Gasteiger partial charge in [-0.15, -0.1) is 0 Å². The molecule has 2 rings (SSSR count). The number of halogens is 4. The highest BCUT2D eigenvalue weighted by Crippen LogP contribution is 2.33. The number of amides is 1. The largest absolute Gasteiger partial charge is 0.416 e. The topological polar surface area (TPSA) is 41.1 Å². The molecule has 8 heteroatoms. The van der Waals surface area contributed by atoms with Crippen LogP contribution in [0.5, 0.6) is 0 Å². The maximum atomic E-state index is 12.8. The molecule has 0 aromatic heterocycles. The van der Waals surface area contributed by atoms with Gasteiger partial charge in [-0.2, -0.15) is 13.2 Å². The van der Waals surface area contributed by atoms with Crippen molar-refractivity contribution in [1.29, 1.82) is 0 Å². The number of benzene rings is 2. The number of nitrogens with one attached hydrogen (secondary N) is 2. The second kappa shape index (κ2) is 7.86. The van der Waals surface area contributed by atoms with E-state index >= 15 is 0 Å². The van der Waals surface area contributed by atoms with Gasteiger partial charge in [0.05, 0.1) is 16.3 Å². The Kier molecular flexibility index (Phi) is 6.17. The Bertz CT molecular complexity index is 859. The van der Waals surface area contributed by atoms with Crippen LogP contribution in [-0.2, 0) is 11.6 Å². The van der Waals surface area contributed by atoms with E-state index in [1.165, 1.54) is 0 Å². The number of carbonyl (C=O) groups excluding carboxylic acids is 1. The molecule has 2 N–H and O–H groups in total. The van der Waals surface area contributed by atoms with Crippen molar-refractivity contribution >= 4 is 40.5 Å². The van der Waals surface area contributed by atoms with E-state index in [2.05, 4.69) is 31.4 Å². The molecule has 0 aliphatic carbocycles. The molecule has 0 radical (unpaired) electrons. The fraction of sp³-hybridized carbons (Fsp3) is 0.263. The molecular weight excluding hydrogens is 397 g/mol. The van der Waals surface area contributed by atoms with Crippen LogP contribution >= 0.6 is 23.8 Å². The summed E-state index contributed by atoms with van der Waals surface area (Å²) in [7, 11) is 0. The van der Waals surface area contributed by atoms with Gasteiger partial charge < -0.3 is 5.32 Å². The summed E-state index contributed by atoms with van der Waals surface area (Å²) in [4.78, 5) is 12.3. The van der Waals surface area contributed by atoms with Crippen molar-refractivity contribution in [3.8, 4) is 0 Å². The predicted molar refractivity (Wildman–Crippen MR) is 105 cm³/mol. The molecule has 2 aromatic rings. The monoisotopic (exact) mass is 414 g/mol. The molecule has 0 saturated carbocycles. The molecule has 0 saturated heterocycles. The lowest BCUT2D eigenvalue weighted by Gasteiger charge is -2.19. The summed E-state index contributed by atoms with van der Waals surface area (Å²) in [6, 6.07) is 9.82. The van der Waals surface area contributed by atoms with Crippen molar-refractivity contribution in [2.75, 3.05) is 5.32 Å². The van der Waals surface area contributed by atoms with Crippen LogP contribution in [0.1, 0.15) is 42.3 Å². The normalized spacial score (nSPS) is 11.8. The number of rotatable bonds is 2. The molecule has 144 valence electrons. The standard InChI is InChI=1S/C19H18ClF3N2OS/c1-18(2,3)12-6-4-11(5-7-12)16(26)25-17(27)24-15-10-13(19(21,22)23)8-9-14(15)20/h4-10H,1-3H3,(H2,24,25,26,27). The van der Waals surface area contributed by atoms with E-state index in [1.54, 1.807) is 12.1 Å². The first kappa shape index (κ1) is 21.2. The van der Waals surface area contributed by atoms with Gasteiger partial charge in [0.1, 0.15) is 0 Å². The smallest absolute Gasteiger partial charge is 0.331 e. The molecule has 1 amide bonds. The zero-order chi connectivity index (χ0) is 20.4. The highest BCUT2D eigenvalue weighted by molar-refractivity contribution is 7.80. The van der Waals surface area contributed by atoms with Crippen LogP contribution in [0.4, 0.5) is 18.9 Å². The molecule has 0 spiro atoms. The van der Waals surface area contributed by atoms with Crippen LogP contribution in [0.25, 0.3) is 0 Å². The number of hydrogen-bond acceptors (Lipinski definition) is 2. The minimum absolute atomic E-state index is 0.0418. The lowest BCUT2D eigenvalue weighted by Crippen LogP contribution is -2.34. The van der Waals surface area contributed by atoms with Crippen LogP contribution in [0, 0.1) is 0 Å². The summed E-state index contributed by atoms with van der Waals surface area (Å²) in [5, 5.41) is 4.85. The van der Waals surface area contributed by atoms with Crippen molar-refractivity contribution in [3.05, 3.63) is 64.2 Å². The van der Waals surface area contributed by atoms with Gasteiger partial charge in [-0.05, 0) is 53.5 Å². The van der Waals surface area contributed by atoms with Gasteiger partial charge in [-0.3, -0.25) is 10.1 Å². The molecule has 0 fully saturated rings. The molecule has 0 atom stereocenters. The number of carbonyl (C=O) groups is 1. The van der Waals surface area contributed by atoms with E-state index in [0.29, 0.717) is 5.56 Å². The van der Waals surface area contributed by atoms with Crippen molar-refractivity contribution in [2.45, 2.75) is 32.4 Å². The first-order valence-corrected chi connectivity index (χ1v) is 8.76. The summed E-state index contributed by atoms with van der Waals surface area (Å²) >= 11 is 10.9. The van der Waals surface area contributed by atoms with E-state index in [9.17, 15) is 18.0 Å². The van der Waals surface area contributed by atoms with Gasteiger partial charge in [-0.25, -0.2) is 0 Å². The third-order valence-corrected chi connectivity index (χ3v) is 4.32. The van der Waals surface area contributed by atoms with Crippen molar-refractivity contribution in [3.63, 3.8) is 0 Å². The highest BCUT2D eigenvalue weighted by atomic mass is 35.5. The Hall–Kier alpha value is -2.12.